The summed E-state index contributed by atoms with van der Waals surface area (Å²) < 4.78 is 24.2. The van der Waals surface area contributed by atoms with E-state index >= 15 is 0 Å². The second-order valence-electron chi connectivity index (χ2n) is 15.6. The van der Waals surface area contributed by atoms with Gasteiger partial charge in [-0.2, -0.15) is 4.57 Å². The van der Waals surface area contributed by atoms with Crippen LogP contribution in [0.5, 0.6) is 5.88 Å². The lowest BCUT2D eigenvalue weighted by Gasteiger charge is -2.20. The Hall–Kier alpha value is -6.05. The number of hydrogen-bond donors (Lipinski definition) is 0. The van der Waals surface area contributed by atoms with Gasteiger partial charge in [0.05, 0.1) is 23.6 Å². The Morgan fingerprint density at radius 1 is 0.610 bits per heavy atom. The first-order valence-electron chi connectivity index (χ1n) is 18.3. The molecule has 0 spiro atoms. The van der Waals surface area contributed by atoms with Gasteiger partial charge in [-0.3, -0.25) is 0 Å². The first kappa shape index (κ1) is 45.6. The molecule has 13 nitrogen and oxygen atoms in total. The third-order valence-electron chi connectivity index (χ3n) is 7.44. The molecule has 0 aliphatic rings. The summed E-state index contributed by atoms with van der Waals surface area (Å²) in [5.41, 5.74) is 0.490. The number of carbonyl (C=O) groups is 3. The van der Waals surface area contributed by atoms with E-state index in [2.05, 4.69) is 33.1 Å². The second-order valence-corrected chi connectivity index (χ2v) is 16.4. The molecule has 0 unspecified atom stereocenters. The topological polar surface area (TPSA) is 150 Å². The largest absolute Gasteiger partial charge is 0.482 e. The predicted molar refractivity (Wildman–Crippen MR) is 232 cm³/mol. The molecule has 6 rings (SSSR count). The standard InChI is InChI=1S/C24H26ClN3O4.C18H18ClN3O3.C2H4/c1-23(2,3)31-18(29)13-12-16-14-17-19(25)26-20(15-10-8-7-9-11-15)27-21(17)28(16)22(30)32-24(4,5)6;1-18(2,3)25-17(23)22-13(24-4)10-12-14(19)20-15(21-16(12)22)11-8-6-5-7-9-11;1-2/h7-14H,1-6H3;5-10H,1-4H3;1-2H2/b13-12+;;. The summed E-state index contributed by atoms with van der Waals surface area (Å²) in [6, 6.07) is 22.0. The fourth-order valence-corrected chi connectivity index (χ4v) is 5.69. The fraction of sp³-hybridized carbons (Fsp3) is 0.295. The molecule has 0 aliphatic heterocycles. The van der Waals surface area contributed by atoms with Crippen LogP contribution in [0, 0.1) is 0 Å². The van der Waals surface area contributed by atoms with Crippen molar-refractivity contribution in [3.05, 3.63) is 108 Å². The smallest absolute Gasteiger partial charge is 0.423 e. The van der Waals surface area contributed by atoms with E-state index in [1.54, 1.807) is 74.4 Å². The Morgan fingerprint density at radius 2 is 1.02 bits per heavy atom. The lowest BCUT2D eigenvalue weighted by Crippen LogP contribution is -2.27. The molecule has 0 atom stereocenters. The van der Waals surface area contributed by atoms with Crippen LogP contribution in [-0.2, 0) is 19.0 Å². The van der Waals surface area contributed by atoms with Crippen molar-refractivity contribution in [2.75, 3.05) is 7.11 Å². The highest BCUT2D eigenvalue weighted by Gasteiger charge is 2.27. The Morgan fingerprint density at radius 3 is 1.44 bits per heavy atom. The molecular formula is C44H48Cl2N6O7. The van der Waals surface area contributed by atoms with Crippen molar-refractivity contribution in [3.8, 4) is 28.7 Å². The molecule has 4 aromatic heterocycles. The van der Waals surface area contributed by atoms with Gasteiger partial charge >= 0.3 is 18.2 Å². The Labute approximate surface area is 353 Å². The molecule has 4 heterocycles. The average Bonchev–Trinajstić information content (AvgIpc) is 3.73. The van der Waals surface area contributed by atoms with Crippen molar-refractivity contribution < 1.29 is 33.3 Å². The van der Waals surface area contributed by atoms with Gasteiger partial charge in [0, 0.05) is 23.3 Å². The number of methoxy groups -OCH3 is 1. The summed E-state index contributed by atoms with van der Waals surface area (Å²) >= 11 is 12.8. The van der Waals surface area contributed by atoms with Crippen LogP contribution >= 0.6 is 23.2 Å². The van der Waals surface area contributed by atoms with Crippen LogP contribution < -0.4 is 4.74 Å². The molecule has 2 aromatic carbocycles. The molecule has 59 heavy (non-hydrogen) atoms. The molecule has 15 heteroatoms. The minimum absolute atomic E-state index is 0.183. The highest BCUT2D eigenvalue weighted by atomic mass is 35.5. The molecule has 0 N–H and O–H groups in total. The van der Waals surface area contributed by atoms with Crippen molar-refractivity contribution in [2.45, 2.75) is 79.1 Å². The van der Waals surface area contributed by atoms with Crippen LogP contribution in [0.3, 0.4) is 0 Å². The molecule has 0 amide bonds. The van der Waals surface area contributed by atoms with E-state index in [-0.39, 0.29) is 21.8 Å². The van der Waals surface area contributed by atoms with Crippen LogP contribution in [-0.4, -0.2) is 71.1 Å². The van der Waals surface area contributed by atoms with E-state index in [0.29, 0.717) is 33.8 Å². The van der Waals surface area contributed by atoms with Gasteiger partial charge in [-0.1, -0.05) is 83.9 Å². The van der Waals surface area contributed by atoms with Gasteiger partial charge in [-0.05, 0) is 74.5 Å². The summed E-state index contributed by atoms with van der Waals surface area (Å²) in [6.45, 7) is 22.0. The maximum Gasteiger partial charge on any atom is 0.423 e. The van der Waals surface area contributed by atoms with Crippen LogP contribution in [0.25, 0.3) is 50.9 Å². The molecule has 0 fully saturated rings. The zero-order chi connectivity index (χ0) is 43.9. The van der Waals surface area contributed by atoms with Crippen LogP contribution in [0.2, 0.25) is 10.3 Å². The van der Waals surface area contributed by atoms with Gasteiger partial charge < -0.3 is 18.9 Å². The van der Waals surface area contributed by atoms with Gasteiger partial charge in [0.25, 0.3) is 0 Å². The van der Waals surface area contributed by atoms with Crippen LogP contribution in [0.1, 0.15) is 68.0 Å². The van der Waals surface area contributed by atoms with E-state index < -0.39 is 35.0 Å². The number of esters is 1. The number of aromatic nitrogens is 6. The lowest BCUT2D eigenvalue weighted by molar-refractivity contribution is -0.148. The maximum absolute atomic E-state index is 13.1. The molecular weight excluding hydrogens is 795 g/mol. The second kappa shape index (κ2) is 18.7. The minimum Gasteiger partial charge on any atom is -0.482 e. The van der Waals surface area contributed by atoms with Crippen LogP contribution in [0.4, 0.5) is 9.59 Å². The molecule has 6 aromatic rings. The number of nitrogens with zero attached hydrogens (tertiary/aromatic N) is 6. The third-order valence-corrected chi connectivity index (χ3v) is 8.02. The van der Waals surface area contributed by atoms with Gasteiger partial charge in [-0.15, -0.1) is 13.2 Å². The molecule has 0 radical (unpaired) electrons. The average molecular weight is 844 g/mol. The first-order valence-corrected chi connectivity index (χ1v) is 19.1. The molecule has 310 valence electrons. The number of hydrogen-bond acceptors (Lipinski definition) is 11. The lowest BCUT2D eigenvalue weighted by atomic mass is 10.2. The van der Waals surface area contributed by atoms with E-state index in [9.17, 15) is 14.4 Å². The summed E-state index contributed by atoms with van der Waals surface area (Å²) in [6.07, 6.45) is 1.48. The molecule has 0 bridgehead atoms. The number of fused-ring (bicyclic) bond motifs is 2. The van der Waals surface area contributed by atoms with Crippen molar-refractivity contribution in [1.29, 1.82) is 0 Å². The normalized spacial score (nSPS) is 11.7. The predicted octanol–water partition coefficient (Wildman–Crippen LogP) is 11.2. The third kappa shape index (κ3) is 12.0. The number of rotatable bonds is 5. The summed E-state index contributed by atoms with van der Waals surface area (Å²) in [5.74, 6) is 0.531. The quantitative estimate of drug-likeness (QED) is 0.0536. The Kier molecular flexibility index (Phi) is 14.5. The van der Waals surface area contributed by atoms with E-state index in [1.807, 2.05) is 60.7 Å². The van der Waals surface area contributed by atoms with Gasteiger partial charge in [0.2, 0.25) is 5.88 Å². The fourth-order valence-electron chi connectivity index (χ4n) is 5.26. The van der Waals surface area contributed by atoms with Crippen molar-refractivity contribution in [1.82, 2.24) is 29.1 Å². The molecule has 0 saturated carbocycles. The highest BCUT2D eigenvalue weighted by molar-refractivity contribution is 6.34. The minimum atomic E-state index is -0.737. The van der Waals surface area contributed by atoms with E-state index in [0.717, 1.165) is 11.1 Å². The van der Waals surface area contributed by atoms with E-state index in [1.165, 1.54) is 28.4 Å². The molecule has 0 saturated heterocycles. The zero-order valence-electron chi connectivity index (χ0n) is 34.8. The highest BCUT2D eigenvalue weighted by Crippen LogP contribution is 2.32. The summed E-state index contributed by atoms with van der Waals surface area (Å²) in [5, 5.41) is 1.40. The SMILES string of the molecule is C=C.CC(C)(C)OC(=O)/C=C/c1cc2c(Cl)nc(-c3ccccc3)nc2n1C(=O)OC(C)(C)C.COc1cc2c(Cl)nc(-c3ccccc3)nc2n1C(=O)OC(C)(C)C. The monoisotopic (exact) mass is 842 g/mol. The first-order chi connectivity index (χ1) is 27.6. The van der Waals surface area contributed by atoms with Gasteiger partial charge in [0.1, 0.15) is 27.1 Å². The van der Waals surface area contributed by atoms with Crippen molar-refractivity contribution in [2.24, 2.45) is 0 Å². The Bertz CT molecular complexity index is 2480. The summed E-state index contributed by atoms with van der Waals surface area (Å²) in [7, 11) is 1.47. The van der Waals surface area contributed by atoms with Gasteiger partial charge in [-0.25, -0.2) is 38.9 Å². The number of benzene rings is 2. The van der Waals surface area contributed by atoms with E-state index in [4.69, 9.17) is 42.1 Å². The number of ether oxygens (including phenoxy) is 4. The maximum atomic E-state index is 13.1. The Balaban J connectivity index is 0.000000257. The van der Waals surface area contributed by atoms with Crippen molar-refractivity contribution in [3.63, 3.8) is 0 Å². The number of carbonyl (C=O) groups excluding carboxylic acids is 3. The van der Waals surface area contributed by atoms with Crippen LogP contribution in [0.15, 0.2) is 92.0 Å². The van der Waals surface area contributed by atoms with Gasteiger partial charge in [0.15, 0.2) is 22.9 Å². The molecule has 0 aliphatic carbocycles. The number of halogens is 2. The summed E-state index contributed by atoms with van der Waals surface area (Å²) in [4.78, 5) is 55.7. The zero-order valence-corrected chi connectivity index (χ0v) is 36.3. The van der Waals surface area contributed by atoms with Crippen molar-refractivity contribution >= 4 is 69.5 Å².